The Morgan fingerprint density at radius 1 is 1.19 bits per heavy atom. The Labute approximate surface area is 122 Å². The smallest absolute Gasteiger partial charge is 0.261 e. The molecule has 5 heteroatoms. The number of phenols is 1. The Morgan fingerprint density at radius 3 is 2.76 bits per heavy atom. The molecule has 3 rings (SSSR count). The largest absolute Gasteiger partial charge is 0.506 e. The Morgan fingerprint density at radius 2 is 2.00 bits per heavy atom. The van der Waals surface area contributed by atoms with Crippen molar-refractivity contribution in [2.75, 3.05) is 6.54 Å². The fraction of sp³-hybridized carbons (Fsp3) is 0.250. The van der Waals surface area contributed by atoms with Crippen LogP contribution in [0.4, 0.5) is 0 Å². The Hall–Kier alpha value is -2.40. The highest BCUT2D eigenvalue weighted by Gasteiger charge is 2.25. The van der Waals surface area contributed by atoms with Crippen molar-refractivity contribution in [1.82, 2.24) is 10.6 Å². The molecule has 1 fully saturated rings. The average molecular weight is 284 g/mol. The topological polar surface area (TPSA) is 78.4 Å². The lowest BCUT2D eigenvalue weighted by Crippen LogP contribution is -2.43. The van der Waals surface area contributed by atoms with Crippen molar-refractivity contribution in [3.05, 3.63) is 42.0 Å². The lowest BCUT2D eigenvalue weighted by molar-refractivity contribution is -0.121. The minimum atomic E-state index is -0.572. The third-order valence-corrected chi connectivity index (χ3v) is 3.76. The number of fused-ring (bicyclic) bond motifs is 1. The molecular weight excluding hydrogens is 268 g/mol. The summed E-state index contributed by atoms with van der Waals surface area (Å²) >= 11 is 0. The van der Waals surface area contributed by atoms with Crippen LogP contribution in [0.5, 0.6) is 5.75 Å². The molecule has 2 aromatic rings. The molecule has 108 valence electrons. The van der Waals surface area contributed by atoms with Crippen LogP contribution >= 0.6 is 0 Å². The summed E-state index contributed by atoms with van der Waals surface area (Å²) in [7, 11) is 0. The van der Waals surface area contributed by atoms with Crippen LogP contribution in [0.1, 0.15) is 23.2 Å². The molecule has 0 spiro atoms. The summed E-state index contributed by atoms with van der Waals surface area (Å²) in [4.78, 5) is 24.1. The van der Waals surface area contributed by atoms with E-state index in [0.717, 1.165) is 24.8 Å². The van der Waals surface area contributed by atoms with Crippen LogP contribution in [0.15, 0.2) is 36.4 Å². The van der Waals surface area contributed by atoms with E-state index in [1.165, 1.54) is 6.07 Å². The summed E-state index contributed by atoms with van der Waals surface area (Å²) in [6.07, 6.45) is 1.65. The molecular formula is C16H16N2O3. The number of carbonyl (C=O) groups is 2. The first-order valence-corrected chi connectivity index (χ1v) is 6.96. The molecule has 0 aromatic heterocycles. The predicted molar refractivity (Wildman–Crippen MR) is 79.1 cm³/mol. The molecule has 1 atom stereocenters. The number of rotatable bonds is 2. The molecule has 2 aromatic carbocycles. The van der Waals surface area contributed by atoms with Crippen molar-refractivity contribution < 1.29 is 14.7 Å². The van der Waals surface area contributed by atoms with Gasteiger partial charge in [0.2, 0.25) is 5.91 Å². The van der Waals surface area contributed by atoms with Crippen molar-refractivity contribution in [3.63, 3.8) is 0 Å². The lowest BCUT2D eigenvalue weighted by Gasteiger charge is -2.11. The average Bonchev–Trinajstić information content (AvgIpc) is 3.02. The molecule has 1 aliphatic rings. The number of imide groups is 1. The summed E-state index contributed by atoms with van der Waals surface area (Å²) in [6.45, 7) is 0.785. The van der Waals surface area contributed by atoms with Gasteiger partial charge < -0.3 is 10.4 Å². The first-order chi connectivity index (χ1) is 10.2. The van der Waals surface area contributed by atoms with Crippen LogP contribution in [0, 0.1) is 0 Å². The molecule has 5 nitrogen and oxygen atoms in total. The van der Waals surface area contributed by atoms with Crippen molar-refractivity contribution in [2.45, 2.75) is 18.9 Å². The molecule has 1 aliphatic heterocycles. The first-order valence-electron chi connectivity index (χ1n) is 6.96. The highest BCUT2D eigenvalue weighted by atomic mass is 16.3. The van der Waals surface area contributed by atoms with Crippen LogP contribution in [0.25, 0.3) is 10.8 Å². The van der Waals surface area contributed by atoms with Crippen LogP contribution in [0.3, 0.4) is 0 Å². The predicted octanol–water partition coefficient (Wildman–Crippen LogP) is 1.55. The van der Waals surface area contributed by atoms with Gasteiger partial charge in [-0.1, -0.05) is 30.3 Å². The van der Waals surface area contributed by atoms with E-state index in [9.17, 15) is 14.7 Å². The number of aromatic hydroxyl groups is 1. The zero-order valence-corrected chi connectivity index (χ0v) is 11.4. The van der Waals surface area contributed by atoms with E-state index in [0.29, 0.717) is 5.39 Å². The molecule has 0 bridgehead atoms. The zero-order valence-electron chi connectivity index (χ0n) is 11.4. The van der Waals surface area contributed by atoms with Gasteiger partial charge in [0, 0.05) is 5.39 Å². The van der Waals surface area contributed by atoms with Gasteiger partial charge in [-0.2, -0.15) is 0 Å². The number of hydrogen-bond donors (Lipinski definition) is 3. The standard InChI is InChI=1S/C16H16N2O3/c19-14-11-5-2-1-4-10(11)7-8-12(14)15(20)18-16(21)13-6-3-9-17-13/h1-2,4-5,7-8,13,17,19H,3,6,9H2,(H,18,20,21)/t13-/m0/s1. The molecule has 0 radical (unpaired) electrons. The normalized spacial score (nSPS) is 17.8. The van der Waals surface area contributed by atoms with E-state index in [1.807, 2.05) is 12.1 Å². The molecule has 3 N–H and O–H groups in total. The number of hydrogen-bond acceptors (Lipinski definition) is 4. The number of carbonyl (C=O) groups excluding carboxylic acids is 2. The van der Waals surface area contributed by atoms with Gasteiger partial charge in [0.15, 0.2) is 0 Å². The maximum absolute atomic E-state index is 12.2. The molecule has 21 heavy (non-hydrogen) atoms. The van der Waals surface area contributed by atoms with E-state index in [2.05, 4.69) is 10.6 Å². The summed E-state index contributed by atoms with van der Waals surface area (Å²) in [6, 6.07) is 10.2. The van der Waals surface area contributed by atoms with Gasteiger partial charge in [0.05, 0.1) is 11.6 Å². The molecule has 0 unspecified atom stereocenters. The van der Waals surface area contributed by atoms with Gasteiger partial charge in [-0.05, 0) is 30.8 Å². The third-order valence-electron chi connectivity index (χ3n) is 3.76. The number of nitrogens with one attached hydrogen (secondary N) is 2. The first kappa shape index (κ1) is 13.6. The second-order valence-corrected chi connectivity index (χ2v) is 5.15. The monoisotopic (exact) mass is 284 g/mol. The summed E-state index contributed by atoms with van der Waals surface area (Å²) in [5.41, 5.74) is 0.111. The van der Waals surface area contributed by atoms with E-state index in [1.54, 1.807) is 18.2 Å². The Balaban J connectivity index is 1.84. The molecule has 2 amide bonds. The molecule has 1 saturated heterocycles. The number of benzene rings is 2. The van der Waals surface area contributed by atoms with E-state index in [4.69, 9.17) is 0 Å². The minimum Gasteiger partial charge on any atom is -0.506 e. The summed E-state index contributed by atoms with van der Waals surface area (Å²) < 4.78 is 0. The van der Waals surface area contributed by atoms with Gasteiger partial charge >= 0.3 is 0 Å². The van der Waals surface area contributed by atoms with Crippen molar-refractivity contribution >= 4 is 22.6 Å². The molecule has 0 aliphatic carbocycles. The maximum Gasteiger partial charge on any atom is 0.261 e. The minimum absolute atomic E-state index is 0.0993. The lowest BCUT2D eigenvalue weighted by atomic mass is 10.0. The third kappa shape index (κ3) is 2.60. The van der Waals surface area contributed by atoms with Crippen LogP contribution in [-0.2, 0) is 4.79 Å². The summed E-state index contributed by atoms with van der Waals surface area (Å²) in [5.74, 6) is -1.01. The SMILES string of the molecule is O=C(NC(=O)[C@@H]1CCCN1)c1ccc2ccccc2c1O. The number of amides is 2. The quantitative estimate of drug-likeness (QED) is 0.731. The zero-order chi connectivity index (χ0) is 14.8. The van der Waals surface area contributed by atoms with Crippen LogP contribution < -0.4 is 10.6 Å². The van der Waals surface area contributed by atoms with Crippen molar-refractivity contribution in [3.8, 4) is 5.75 Å². The fourth-order valence-corrected chi connectivity index (χ4v) is 2.61. The Bertz CT molecular complexity index is 706. The van der Waals surface area contributed by atoms with E-state index < -0.39 is 5.91 Å². The van der Waals surface area contributed by atoms with E-state index in [-0.39, 0.29) is 23.3 Å². The van der Waals surface area contributed by atoms with Crippen LogP contribution in [0.2, 0.25) is 0 Å². The van der Waals surface area contributed by atoms with E-state index >= 15 is 0 Å². The highest BCUT2D eigenvalue weighted by molar-refractivity contribution is 6.10. The molecule has 1 heterocycles. The van der Waals surface area contributed by atoms with Gasteiger partial charge in [-0.25, -0.2) is 0 Å². The van der Waals surface area contributed by atoms with Crippen molar-refractivity contribution in [1.29, 1.82) is 0 Å². The Kier molecular flexibility index (Phi) is 3.58. The van der Waals surface area contributed by atoms with Crippen molar-refractivity contribution in [2.24, 2.45) is 0 Å². The van der Waals surface area contributed by atoms with Gasteiger partial charge in [0.25, 0.3) is 5.91 Å². The second kappa shape index (κ2) is 5.54. The van der Waals surface area contributed by atoms with Crippen LogP contribution in [-0.4, -0.2) is 29.5 Å². The van der Waals surface area contributed by atoms with Gasteiger partial charge in [-0.15, -0.1) is 0 Å². The van der Waals surface area contributed by atoms with Gasteiger partial charge in [0.1, 0.15) is 5.75 Å². The fourth-order valence-electron chi connectivity index (χ4n) is 2.61. The maximum atomic E-state index is 12.2. The van der Waals surface area contributed by atoms with Gasteiger partial charge in [-0.3, -0.25) is 14.9 Å². The second-order valence-electron chi connectivity index (χ2n) is 5.15. The molecule has 0 saturated carbocycles. The number of phenolic OH excluding ortho intramolecular Hbond substituents is 1. The highest BCUT2D eigenvalue weighted by Crippen LogP contribution is 2.28. The summed E-state index contributed by atoms with van der Waals surface area (Å²) in [5, 5.41) is 17.0.